The largest absolute Gasteiger partial charge is 0.494 e. The van der Waals surface area contributed by atoms with Crippen molar-refractivity contribution in [3.8, 4) is 11.5 Å². The molecule has 2 aromatic rings. The van der Waals surface area contributed by atoms with Crippen LogP contribution in [0.3, 0.4) is 0 Å². The zero-order valence-electron chi connectivity index (χ0n) is 15.2. The number of carboxylic acid groups (broad SMARTS) is 1. The van der Waals surface area contributed by atoms with Gasteiger partial charge in [-0.15, -0.1) is 0 Å². The molecule has 0 saturated carbocycles. The molecule has 0 aliphatic carbocycles. The smallest absolute Gasteiger partial charge is 0.341 e. The molecule has 0 heterocycles. The van der Waals surface area contributed by atoms with E-state index in [0.29, 0.717) is 24.5 Å². The van der Waals surface area contributed by atoms with Crippen LogP contribution in [0, 0.1) is 13.8 Å². The first-order valence-electron chi connectivity index (χ1n) is 8.36. The minimum atomic E-state index is -1.04. The second kappa shape index (κ2) is 8.89. The van der Waals surface area contributed by atoms with E-state index in [4.69, 9.17) is 14.6 Å². The summed E-state index contributed by atoms with van der Waals surface area (Å²) in [7, 11) is 0. The highest BCUT2D eigenvalue weighted by atomic mass is 16.5. The molecule has 0 bridgehead atoms. The highest BCUT2D eigenvalue weighted by Crippen LogP contribution is 2.25. The number of carboxylic acids is 1. The average Bonchev–Trinajstić information content (AvgIpc) is 2.60. The van der Waals surface area contributed by atoms with Crippen LogP contribution in [0.5, 0.6) is 11.5 Å². The maximum absolute atomic E-state index is 12.4. The van der Waals surface area contributed by atoms with Gasteiger partial charge in [-0.25, -0.2) is 4.79 Å². The van der Waals surface area contributed by atoms with E-state index >= 15 is 0 Å². The molecule has 0 saturated heterocycles. The van der Waals surface area contributed by atoms with E-state index in [2.05, 4.69) is 5.32 Å². The molecule has 0 aliphatic heterocycles. The zero-order chi connectivity index (χ0) is 19.1. The standard InChI is InChI=1S/C20H23NO5/c1-4-25-17-7-5-15(6-8-17)11-21-20(24)16-9-13(2)19(14(3)10-16)26-12-18(22)23/h5-10H,4,11-12H2,1-3H3,(H,21,24)(H,22,23). The van der Waals surface area contributed by atoms with Crippen molar-refractivity contribution in [1.82, 2.24) is 5.32 Å². The van der Waals surface area contributed by atoms with Gasteiger partial charge >= 0.3 is 5.97 Å². The molecule has 2 rings (SSSR count). The second-order valence-electron chi connectivity index (χ2n) is 5.88. The molecule has 138 valence electrons. The van der Waals surface area contributed by atoms with E-state index in [1.165, 1.54) is 0 Å². The maximum Gasteiger partial charge on any atom is 0.341 e. The first-order valence-corrected chi connectivity index (χ1v) is 8.36. The van der Waals surface area contributed by atoms with Gasteiger partial charge in [0, 0.05) is 12.1 Å². The van der Waals surface area contributed by atoms with Crippen LogP contribution in [-0.2, 0) is 11.3 Å². The summed E-state index contributed by atoms with van der Waals surface area (Å²) in [5, 5.41) is 11.6. The van der Waals surface area contributed by atoms with Crippen molar-refractivity contribution in [3.63, 3.8) is 0 Å². The van der Waals surface area contributed by atoms with Gasteiger partial charge in [-0.1, -0.05) is 12.1 Å². The molecule has 0 spiro atoms. The Bertz CT molecular complexity index is 760. The average molecular weight is 357 g/mol. The van der Waals surface area contributed by atoms with Gasteiger partial charge in [0.15, 0.2) is 6.61 Å². The fourth-order valence-corrected chi connectivity index (χ4v) is 2.60. The van der Waals surface area contributed by atoms with Crippen LogP contribution < -0.4 is 14.8 Å². The normalized spacial score (nSPS) is 10.3. The number of ether oxygens (including phenoxy) is 2. The number of rotatable bonds is 8. The molecule has 0 fully saturated rings. The number of carbonyl (C=O) groups excluding carboxylic acids is 1. The van der Waals surface area contributed by atoms with Crippen molar-refractivity contribution in [1.29, 1.82) is 0 Å². The van der Waals surface area contributed by atoms with E-state index in [1.54, 1.807) is 26.0 Å². The number of amides is 1. The summed E-state index contributed by atoms with van der Waals surface area (Å²) in [5.41, 5.74) is 2.92. The Morgan fingerprint density at radius 3 is 2.19 bits per heavy atom. The van der Waals surface area contributed by atoms with Crippen molar-refractivity contribution in [2.24, 2.45) is 0 Å². The molecule has 0 aliphatic rings. The fraction of sp³-hybridized carbons (Fsp3) is 0.300. The Morgan fingerprint density at radius 1 is 1.04 bits per heavy atom. The summed E-state index contributed by atoms with van der Waals surface area (Å²) in [6.45, 7) is 6.10. The number of carbonyl (C=O) groups is 2. The van der Waals surface area contributed by atoms with Crippen LogP contribution in [0.15, 0.2) is 36.4 Å². The topological polar surface area (TPSA) is 84.9 Å². The van der Waals surface area contributed by atoms with Crippen molar-refractivity contribution < 1.29 is 24.2 Å². The predicted octanol–water partition coefficient (Wildman–Crippen LogP) is 3.10. The van der Waals surface area contributed by atoms with E-state index in [1.807, 2.05) is 31.2 Å². The third-order valence-electron chi connectivity index (χ3n) is 3.75. The van der Waals surface area contributed by atoms with Gasteiger partial charge in [-0.3, -0.25) is 4.79 Å². The second-order valence-corrected chi connectivity index (χ2v) is 5.88. The molecule has 0 atom stereocenters. The minimum absolute atomic E-state index is 0.199. The van der Waals surface area contributed by atoms with Crippen LogP contribution in [0.1, 0.15) is 34.0 Å². The van der Waals surface area contributed by atoms with E-state index in [-0.39, 0.29) is 5.91 Å². The molecule has 6 heteroatoms. The Balaban J connectivity index is 2.01. The Morgan fingerprint density at radius 2 is 1.65 bits per heavy atom. The van der Waals surface area contributed by atoms with Crippen LogP contribution in [0.2, 0.25) is 0 Å². The van der Waals surface area contributed by atoms with Gasteiger partial charge in [-0.2, -0.15) is 0 Å². The Hall–Kier alpha value is -3.02. The summed E-state index contributed by atoms with van der Waals surface area (Å²) in [5.74, 6) is 0.0529. The minimum Gasteiger partial charge on any atom is -0.494 e. The fourth-order valence-electron chi connectivity index (χ4n) is 2.60. The predicted molar refractivity (Wildman–Crippen MR) is 97.8 cm³/mol. The number of hydrogen-bond acceptors (Lipinski definition) is 4. The van der Waals surface area contributed by atoms with Crippen molar-refractivity contribution in [3.05, 3.63) is 58.7 Å². The van der Waals surface area contributed by atoms with Gasteiger partial charge in [0.05, 0.1) is 6.61 Å². The van der Waals surface area contributed by atoms with E-state index < -0.39 is 12.6 Å². The summed E-state index contributed by atoms with van der Waals surface area (Å²) in [6.07, 6.45) is 0. The van der Waals surface area contributed by atoms with Crippen LogP contribution >= 0.6 is 0 Å². The van der Waals surface area contributed by atoms with Gasteiger partial charge in [-0.05, 0) is 61.7 Å². The first-order chi connectivity index (χ1) is 12.4. The number of nitrogens with one attached hydrogen (secondary N) is 1. The molecule has 2 N–H and O–H groups in total. The van der Waals surface area contributed by atoms with Gasteiger partial charge in [0.25, 0.3) is 5.91 Å². The number of aryl methyl sites for hydroxylation is 2. The lowest BCUT2D eigenvalue weighted by Crippen LogP contribution is -2.23. The van der Waals surface area contributed by atoms with Crippen molar-refractivity contribution in [2.45, 2.75) is 27.3 Å². The molecule has 6 nitrogen and oxygen atoms in total. The van der Waals surface area contributed by atoms with Gasteiger partial charge in [0.1, 0.15) is 11.5 Å². The summed E-state index contributed by atoms with van der Waals surface area (Å²) < 4.78 is 10.7. The summed E-state index contributed by atoms with van der Waals surface area (Å²) in [6, 6.07) is 10.9. The first kappa shape index (κ1) is 19.3. The highest BCUT2D eigenvalue weighted by molar-refractivity contribution is 5.94. The lowest BCUT2D eigenvalue weighted by Gasteiger charge is -2.13. The van der Waals surface area contributed by atoms with Crippen molar-refractivity contribution in [2.75, 3.05) is 13.2 Å². The number of hydrogen-bond donors (Lipinski definition) is 2. The molecule has 2 aromatic carbocycles. The van der Waals surface area contributed by atoms with Crippen LogP contribution in [-0.4, -0.2) is 30.2 Å². The lowest BCUT2D eigenvalue weighted by atomic mass is 10.0. The zero-order valence-corrected chi connectivity index (χ0v) is 15.2. The van der Waals surface area contributed by atoms with E-state index in [9.17, 15) is 9.59 Å². The van der Waals surface area contributed by atoms with E-state index in [0.717, 1.165) is 22.4 Å². The Kier molecular flexibility index (Phi) is 6.60. The van der Waals surface area contributed by atoms with Crippen molar-refractivity contribution >= 4 is 11.9 Å². The molecule has 0 unspecified atom stereocenters. The molecule has 26 heavy (non-hydrogen) atoms. The van der Waals surface area contributed by atoms with Crippen LogP contribution in [0.25, 0.3) is 0 Å². The number of aliphatic carboxylic acids is 1. The summed E-state index contributed by atoms with van der Waals surface area (Å²) in [4.78, 5) is 23.0. The molecule has 0 aromatic heterocycles. The third-order valence-corrected chi connectivity index (χ3v) is 3.75. The highest BCUT2D eigenvalue weighted by Gasteiger charge is 2.12. The van der Waals surface area contributed by atoms with Crippen LogP contribution in [0.4, 0.5) is 0 Å². The Labute approximate surface area is 152 Å². The van der Waals surface area contributed by atoms with Gasteiger partial charge in [0.2, 0.25) is 0 Å². The number of benzene rings is 2. The lowest BCUT2D eigenvalue weighted by molar-refractivity contribution is -0.139. The maximum atomic E-state index is 12.4. The van der Waals surface area contributed by atoms with Gasteiger partial charge < -0.3 is 19.9 Å². The monoisotopic (exact) mass is 357 g/mol. The molecule has 0 radical (unpaired) electrons. The quantitative estimate of drug-likeness (QED) is 0.758. The SMILES string of the molecule is CCOc1ccc(CNC(=O)c2cc(C)c(OCC(=O)O)c(C)c2)cc1. The molecular formula is C20H23NO5. The molecule has 1 amide bonds. The molecular weight excluding hydrogens is 334 g/mol. The summed E-state index contributed by atoms with van der Waals surface area (Å²) >= 11 is 0. The third kappa shape index (κ3) is 5.24.